The summed E-state index contributed by atoms with van der Waals surface area (Å²) in [7, 11) is 0. The van der Waals surface area contributed by atoms with Gasteiger partial charge in [-0.15, -0.1) is 0 Å². The van der Waals surface area contributed by atoms with E-state index >= 15 is 0 Å². The molecule has 0 saturated heterocycles. The number of benzene rings is 4. The topological polar surface area (TPSA) is 73.1 Å². The molecule has 1 N–H and O–H groups in total. The van der Waals surface area contributed by atoms with Crippen molar-refractivity contribution in [2.75, 3.05) is 6.61 Å². The summed E-state index contributed by atoms with van der Waals surface area (Å²) in [6, 6.07) is 24.9. The number of hydrogen-bond acceptors (Lipinski definition) is 5. The van der Waals surface area contributed by atoms with E-state index in [-0.39, 0.29) is 18.2 Å². The largest absolute Gasteiger partial charge is 0.490 e. The first-order valence-corrected chi connectivity index (χ1v) is 11.5. The molecule has 0 fully saturated rings. The number of rotatable bonds is 8. The van der Waals surface area contributed by atoms with Gasteiger partial charge in [0, 0.05) is 5.39 Å². The number of carbonyl (C=O) groups is 1. The van der Waals surface area contributed by atoms with E-state index in [0.29, 0.717) is 29.3 Å². The number of hydrogen-bond donors (Lipinski definition) is 1. The van der Waals surface area contributed by atoms with Crippen molar-refractivity contribution in [2.24, 2.45) is 5.10 Å². The number of carbonyl (C=O) groups excluding carboxylic acids is 1. The Morgan fingerprint density at radius 3 is 2.61 bits per heavy atom. The Kier molecular flexibility index (Phi) is 6.62. The monoisotopic (exact) mass is 482 g/mol. The zero-order valence-corrected chi connectivity index (χ0v) is 19.5. The predicted octanol–water partition coefficient (Wildman–Crippen LogP) is 6.47. The van der Waals surface area contributed by atoms with Crippen LogP contribution in [0.1, 0.15) is 28.6 Å². The van der Waals surface area contributed by atoms with Gasteiger partial charge in [-0.1, -0.05) is 42.5 Å². The van der Waals surface area contributed by atoms with E-state index in [2.05, 4.69) is 10.5 Å². The standard InChI is InChI=1S/C29H23FN2O4/c1-2-34-27-15-20(9-13-26(27)35-18-19-7-11-22(30)12-8-19)17-31-32-29(33)28-16-24-23-6-4-3-5-21(23)10-14-25(24)36-28/h3-17H,2,18H2,1H3,(H,32,33)/b31-17+. The average Bonchev–Trinajstić information content (AvgIpc) is 3.35. The van der Waals surface area contributed by atoms with E-state index in [0.717, 1.165) is 21.7 Å². The Morgan fingerprint density at radius 2 is 1.78 bits per heavy atom. The van der Waals surface area contributed by atoms with Crippen molar-refractivity contribution >= 4 is 33.9 Å². The van der Waals surface area contributed by atoms with Gasteiger partial charge >= 0.3 is 5.91 Å². The molecular formula is C29H23FN2O4. The third-order valence-electron chi connectivity index (χ3n) is 5.60. The second-order valence-electron chi connectivity index (χ2n) is 8.06. The lowest BCUT2D eigenvalue weighted by Gasteiger charge is -2.12. The molecule has 0 spiro atoms. The van der Waals surface area contributed by atoms with E-state index in [1.165, 1.54) is 18.3 Å². The highest BCUT2D eigenvalue weighted by Crippen LogP contribution is 2.30. The van der Waals surface area contributed by atoms with Crippen molar-refractivity contribution < 1.29 is 23.1 Å². The normalized spacial score (nSPS) is 11.3. The van der Waals surface area contributed by atoms with Gasteiger partial charge in [0.2, 0.25) is 0 Å². The highest BCUT2D eigenvalue weighted by atomic mass is 19.1. The third kappa shape index (κ3) is 5.05. The molecule has 5 aromatic rings. The van der Waals surface area contributed by atoms with Crippen LogP contribution in [0.25, 0.3) is 21.7 Å². The maximum atomic E-state index is 13.1. The molecule has 0 bridgehead atoms. The molecule has 36 heavy (non-hydrogen) atoms. The molecule has 1 heterocycles. The quantitative estimate of drug-likeness (QED) is 0.203. The number of nitrogens with zero attached hydrogens (tertiary/aromatic N) is 1. The Bertz CT molecular complexity index is 1560. The minimum atomic E-state index is -0.448. The van der Waals surface area contributed by atoms with Gasteiger partial charge in [0.25, 0.3) is 0 Å². The van der Waals surface area contributed by atoms with Crippen molar-refractivity contribution in [3.8, 4) is 11.5 Å². The van der Waals surface area contributed by atoms with Crippen molar-refractivity contribution in [3.63, 3.8) is 0 Å². The third-order valence-corrected chi connectivity index (χ3v) is 5.60. The summed E-state index contributed by atoms with van der Waals surface area (Å²) in [6.45, 7) is 2.60. The van der Waals surface area contributed by atoms with Crippen LogP contribution >= 0.6 is 0 Å². The Balaban J connectivity index is 1.27. The number of nitrogens with one attached hydrogen (secondary N) is 1. The zero-order valence-electron chi connectivity index (χ0n) is 19.5. The number of ether oxygens (including phenoxy) is 2. The Labute approximate surface area is 206 Å². The Hall–Kier alpha value is -4.65. The number of furan rings is 1. The van der Waals surface area contributed by atoms with Gasteiger partial charge in [-0.25, -0.2) is 9.82 Å². The first-order valence-electron chi connectivity index (χ1n) is 11.5. The number of hydrazone groups is 1. The lowest BCUT2D eigenvalue weighted by Crippen LogP contribution is -2.16. The summed E-state index contributed by atoms with van der Waals surface area (Å²) in [5.41, 5.74) is 4.70. The highest BCUT2D eigenvalue weighted by molar-refractivity contribution is 6.08. The second kappa shape index (κ2) is 10.3. The van der Waals surface area contributed by atoms with Crippen LogP contribution in [-0.2, 0) is 6.61 Å². The lowest BCUT2D eigenvalue weighted by molar-refractivity contribution is 0.0929. The van der Waals surface area contributed by atoms with Crippen molar-refractivity contribution in [1.82, 2.24) is 5.43 Å². The number of halogens is 1. The summed E-state index contributed by atoms with van der Waals surface area (Å²) in [5.74, 6) is 0.531. The van der Waals surface area contributed by atoms with E-state index in [1.54, 1.807) is 36.4 Å². The van der Waals surface area contributed by atoms with Crippen LogP contribution in [-0.4, -0.2) is 18.7 Å². The van der Waals surface area contributed by atoms with Crippen LogP contribution in [0.4, 0.5) is 4.39 Å². The molecule has 4 aromatic carbocycles. The minimum Gasteiger partial charge on any atom is -0.490 e. The van der Waals surface area contributed by atoms with Crippen molar-refractivity contribution in [2.45, 2.75) is 13.5 Å². The SMILES string of the molecule is CCOc1cc(/C=N/NC(=O)c2cc3c(ccc4ccccc43)o2)ccc1OCc1ccc(F)cc1. The fourth-order valence-corrected chi connectivity index (χ4v) is 3.86. The van der Waals surface area contributed by atoms with E-state index in [4.69, 9.17) is 13.9 Å². The fourth-order valence-electron chi connectivity index (χ4n) is 3.86. The van der Waals surface area contributed by atoms with E-state index < -0.39 is 5.91 Å². The minimum absolute atomic E-state index is 0.179. The molecule has 0 aliphatic heterocycles. The van der Waals surface area contributed by atoms with E-state index in [9.17, 15) is 9.18 Å². The van der Waals surface area contributed by atoms with Gasteiger partial charge in [0.1, 0.15) is 18.0 Å². The van der Waals surface area contributed by atoms with Gasteiger partial charge in [-0.3, -0.25) is 4.79 Å². The molecule has 0 saturated carbocycles. The second-order valence-corrected chi connectivity index (χ2v) is 8.06. The molecule has 1 amide bonds. The van der Waals surface area contributed by atoms with Crippen LogP contribution < -0.4 is 14.9 Å². The molecule has 0 aliphatic carbocycles. The molecule has 0 radical (unpaired) electrons. The van der Waals surface area contributed by atoms with Crippen LogP contribution in [0.15, 0.2) is 94.4 Å². The number of amides is 1. The van der Waals surface area contributed by atoms with Crippen LogP contribution in [0.5, 0.6) is 11.5 Å². The number of fused-ring (bicyclic) bond motifs is 3. The van der Waals surface area contributed by atoms with Gasteiger partial charge in [-0.2, -0.15) is 5.10 Å². The lowest BCUT2D eigenvalue weighted by atomic mass is 10.1. The molecule has 6 nitrogen and oxygen atoms in total. The average molecular weight is 483 g/mol. The summed E-state index contributed by atoms with van der Waals surface area (Å²) < 4.78 is 30.4. The van der Waals surface area contributed by atoms with Crippen LogP contribution in [0.3, 0.4) is 0 Å². The summed E-state index contributed by atoms with van der Waals surface area (Å²) in [5, 5.41) is 7.04. The molecule has 0 atom stereocenters. The molecule has 180 valence electrons. The molecule has 5 rings (SSSR count). The first-order chi connectivity index (χ1) is 17.6. The van der Waals surface area contributed by atoms with Gasteiger partial charge in [0.05, 0.1) is 12.8 Å². The maximum Gasteiger partial charge on any atom is 0.307 e. The highest BCUT2D eigenvalue weighted by Gasteiger charge is 2.13. The first kappa shape index (κ1) is 23.1. The zero-order chi connectivity index (χ0) is 24.9. The van der Waals surface area contributed by atoms with E-state index in [1.807, 2.05) is 43.3 Å². The smallest absolute Gasteiger partial charge is 0.307 e. The van der Waals surface area contributed by atoms with Crippen LogP contribution in [0.2, 0.25) is 0 Å². The molecule has 7 heteroatoms. The van der Waals surface area contributed by atoms with Crippen molar-refractivity contribution in [3.05, 3.63) is 108 Å². The summed E-state index contributed by atoms with van der Waals surface area (Å²) in [6.07, 6.45) is 1.52. The summed E-state index contributed by atoms with van der Waals surface area (Å²) >= 11 is 0. The van der Waals surface area contributed by atoms with Crippen molar-refractivity contribution in [1.29, 1.82) is 0 Å². The predicted molar refractivity (Wildman–Crippen MR) is 137 cm³/mol. The summed E-state index contributed by atoms with van der Waals surface area (Å²) in [4.78, 5) is 12.6. The van der Waals surface area contributed by atoms with Gasteiger partial charge in [0.15, 0.2) is 17.3 Å². The fraction of sp³-hybridized carbons (Fsp3) is 0.103. The van der Waals surface area contributed by atoms with Gasteiger partial charge < -0.3 is 13.9 Å². The molecule has 0 aliphatic rings. The Morgan fingerprint density at radius 1 is 0.944 bits per heavy atom. The maximum absolute atomic E-state index is 13.1. The van der Waals surface area contributed by atoms with Gasteiger partial charge in [-0.05, 0) is 71.3 Å². The molecule has 0 unspecified atom stereocenters. The molecular weight excluding hydrogens is 459 g/mol. The van der Waals surface area contributed by atoms with Crippen LogP contribution in [0, 0.1) is 5.82 Å². The molecule has 1 aromatic heterocycles.